The van der Waals surface area contributed by atoms with Crippen molar-refractivity contribution in [1.82, 2.24) is 4.57 Å². The number of rotatable bonds is 10. The van der Waals surface area contributed by atoms with Crippen LogP contribution in [0.25, 0.3) is 18.2 Å². The highest BCUT2D eigenvalue weighted by atomic mass is 32.1. The minimum atomic E-state index is -1.20. The summed E-state index contributed by atoms with van der Waals surface area (Å²) in [6.45, 7) is 9.89. The molecule has 2 aromatic rings. The van der Waals surface area contributed by atoms with Crippen molar-refractivity contribution in [2.24, 2.45) is 0 Å². The lowest BCUT2D eigenvalue weighted by Gasteiger charge is -2.10. The van der Waals surface area contributed by atoms with Gasteiger partial charge in [0.25, 0.3) is 0 Å². The Morgan fingerprint density at radius 3 is 2.52 bits per heavy atom. The first-order valence-electron chi connectivity index (χ1n) is 10.2. The Hall–Kier alpha value is -2.58. The van der Waals surface area contributed by atoms with Crippen LogP contribution in [0.15, 0.2) is 17.7 Å². The molecule has 0 unspecified atom stereocenters. The van der Waals surface area contributed by atoms with Crippen molar-refractivity contribution in [1.29, 1.82) is 5.26 Å². The molecule has 2 heterocycles. The number of carboxylic acid groups (broad SMARTS) is 1. The van der Waals surface area contributed by atoms with E-state index in [1.54, 1.807) is 6.07 Å². The van der Waals surface area contributed by atoms with Gasteiger partial charge in [-0.3, -0.25) is 0 Å². The van der Waals surface area contributed by atoms with Gasteiger partial charge in [-0.25, -0.2) is 4.79 Å². The maximum absolute atomic E-state index is 11.0. The zero-order chi connectivity index (χ0) is 21.4. The number of nitriles is 1. The molecule has 0 radical (unpaired) electrons. The number of nitrogens with zero attached hydrogens (tertiary/aromatic N) is 2. The zero-order valence-corrected chi connectivity index (χ0v) is 18.6. The monoisotopic (exact) mass is 410 g/mol. The van der Waals surface area contributed by atoms with Crippen molar-refractivity contribution in [2.75, 3.05) is 0 Å². The van der Waals surface area contributed by atoms with E-state index in [9.17, 15) is 4.79 Å². The number of hydrogen-bond donors (Lipinski definition) is 1. The summed E-state index contributed by atoms with van der Waals surface area (Å²) in [4.78, 5) is 12.8. The number of aromatic nitrogens is 1. The summed E-state index contributed by atoms with van der Waals surface area (Å²) >= 11 is 1.48. The van der Waals surface area contributed by atoms with E-state index in [1.807, 2.05) is 12.1 Å². The summed E-state index contributed by atoms with van der Waals surface area (Å²) in [7, 11) is 0. The van der Waals surface area contributed by atoms with Gasteiger partial charge in [0.1, 0.15) is 11.6 Å². The number of aliphatic carboxylic acids is 1. The number of thiophene rings is 1. The van der Waals surface area contributed by atoms with Crippen LogP contribution in [0.1, 0.15) is 71.8 Å². The number of hydrogen-bond acceptors (Lipinski definition) is 3. The Morgan fingerprint density at radius 2 is 1.90 bits per heavy atom. The fourth-order valence-electron chi connectivity index (χ4n) is 3.67. The third-order valence-electron chi connectivity index (χ3n) is 5.25. The van der Waals surface area contributed by atoms with E-state index in [4.69, 9.17) is 10.4 Å². The van der Waals surface area contributed by atoms with Crippen molar-refractivity contribution in [2.45, 2.75) is 66.3 Å². The molecule has 5 heteroatoms. The first-order valence-corrected chi connectivity index (χ1v) is 11.1. The molecule has 0 aliphatic carbocycles. The van der Waals surface area contributed by atoms with E-state index in [0.29, 0.717) is 0 Å². The second-order valence-electron chi connectivity index (χ2n) is 7.19. The maximum Gasteiger partial charge on any atom is 0.346 e. The second-order valence-corrected chi connectivity index (χ2v) is 8.34. The summed E-state index contributed by atoms with van der Waals surface area (Å²) in [5, 5.41) is 17.9. The summed E-state index contributed by atoms with van der Waals surface area (Å²) in [6, 6.07) is 5.53. The van der Waals surface area contributed by atoms with Gasteiger partial charge in [0.2, 0.25) is 0 Å². The van der Waals surface area contributed by atoms with Crippen molar-refractivity contribution in [3.8, 4) is 6.07 Å². The van der Waals surface area contributed by atoms with Crippen LogP contribution in [0.4, 0.5) is 0 Å². The van der Waals surface area contributed by atoms with Crippen LogP contribution < -0.4 is 0 Å². The van der Waals surface area contributed by atoms with Crippen LogP contribution in [0, 0.1) is 25.2 Å². The second kappa shape index (κ2) is 10.8. The van der Waals surface area contributed by atoms with Crippen LogP contribution in [0.3, 0.4) is 0 Å². The average Bonchev–Trinajstić information content (AvgIpc) is 3.23. The highest BCUT2D eigenvalue weighted by Gasteiger charge is 2.14. The summed E-state index contributed by atoms with van der Waals surface area (Å²) in [6.07, 6.45) is 11.7. The summed E-state index contributed by atoms with van der Waals surface area (Å²) in [5.74, 6) is -1.20. The molecule has 29 heavy (non-hydrogen) atoms. The lowest BCUT2D eigenvalue weighted by Crippen LogP contribution is -2.03. The van der Waals surface area contributed by atoms with Crippen LogP contribution in [-0.2, 0) is 17.8 Å². The van der Waals surface area contributed by atoms with Crippen molar-refractivity contribution in [3.05, 3.63) is 50.0 Å². The molecule has 4 nitrogen and oxygen atoms in total. The predicted octanol–water partition coefficient (Wildman–Crippen LogP) is 6.47. The first-order chi connectivity index (χ1) is 13.9. The van der Waals surface area contributed by atoms with Gasteiger partial charge in [-0.05, 0) is 68.2 Å². The van der Waals surface area contributed by atoms with Gasteiger partial charge in [0, 0.05) is 27.7 Å². The summed E-state index contributed by atoms with van der Waals surface area (Å²) < 4.78 is 2.44. The number of unbranched alkanes of at least 4 members (excludes halogenated alkanes) is 3. The number of carboxylic acids is 1. The Kier molecular flexibility index (Phi) is 8.48. The molecule has 2 aromatic heterocycles. The van der Waals surface area contributed by atoms with Gasteiger partial charge in [0.05, 0.1) is 0 Å². The molecule has 0 fully saturated rings. The molecular weight excluding hydrogens is 380 g/mol. The molecule has 154 valence electrons. The Bertz CT molecular complexity index is 954. The van der Waals surface area contributed by atoms with E-state index in [2.05, 4.69) is 44.4 Å². The third kappa shape index (κ3) is 5.71. The van der Waals surface area contributed by atoms with Crippen LogP contribution in [-0.4, -0.2) is 15.6 Å². The fourth-order valence-corrected chi connectivity index (χ4v) is 4.53. The van der Waals surface area contributed by atoms with E-state index < -0.39 is 5.97 Å². The van der Waals surface area contributed by atoms with Gasteiger partial charge >= 0.3 is 5.97 Å². The van der Waals surface area contributed by atoms with Crippen LogP contribution >= 0.6 is 11.3 Å². The topological polar surface area (TPSA) is 66.0 Å². The lowest BCUT2D eigenvalue weighted by atomic mass is 10.1. The molecule has 0 aliphatic heterocycles. The molecule has 0 saturated heterocycles. The molecular formula is C24H30N2O2S. The third-order valence-corrected chi connectivity index (χ3v) is 6.25. The van der Waals surface area contributed by atoms with E-state index >= 15 is 0 Å². The average molecular weight is 411 g/mol. The van der Waals surface area contributed by atoms with Crippen LogP contribution in [0.2, 0.25) is 0 Å². The Morgan fingerprint density at radius 1 is 1.17 bits per heavy atom. The lowest BCUT2D eigenvalue weighted by molar-refractivity contribution is -0.132. The standard InChI is InChI=1S/C24H30N2O2S/c1-5-7-8-9-14-26-18(4)22(6-2)17(3)23(26)13-12-20-10-11-21(29-20)15-19(16-25)24(27)28/h10-13,15H,5-9,14H2,1-4H3,(H,27,28)/b13-12+,19-15+. The fraction of sp³-hybridized carbons (Fsp3) is 0.417. The molecule has 0 atom stereocenters. The maximum atomic E-state index is 11.0. The smallest absolute Gasteiger partial charge is 0.346 e. The highest BCUT2D eigenvalue weighted by Crippen LogP contribution is 2.27. The highest BCUT2D eigenvalue weighted by molar-refractivity contribution is 7.13. The molecule has 1 N–H and O–H groups in total. The summed E-state index contributed by atoms with van der Waals surface area (Å²) in [5.41, 5.74) is 5.13. The van der Waals surface area contributed by atoms with E-state index in [0.717, 1.165) is 22.7 Å². The van der Waals surface area contributed by atoms with Gasteiger partial charge in [-0.15, -0.1) is 11.3 Å². The number of carbonyl (C=O) groups is 1. The van der Waals surface area contributed by atoms with Crippen molar-refractivity contribution >= 4 is 35.5 Å². The SMILES string of the molecule is CCCCCCn1c(C)c(CC)c(C)c1/C=C/c1ccc(/C=C(\C#N)C(=O)O)s1. The van der Waals surface area contributed by atoms with E-state index in [-0.39, 0.29) is 5.57 Å². The van der Waals surface area contributed by atoms with E-state index in [1.165, 1.54) is 65.6 Å². The molecule has 0 saturated carbocycles. The largest absolute Gasteiger partial charge is 0.477 e. The van der Waals surface area contributed by atoms with Crippen molar-refractivity contribution < 1.29 is 9.90 Å². The normalized spacial score (nSPS) is 11.9. The molecule has 0 amide bonds. The molecule has 2 rings (SSSR count). The molecule has 0 aliphatic rings. The predicted molar refractivity (Wildman–Crippen MR) is 122 cm³/mol. The van der Waals surface area contributed by atoms with Crippen molar-refractivity contribution in [3.63, 3.8) is 0 Å². The minimum Gasteiger partial charge on any atom is -0.477 e. The minimum absolute atomic E-state index is 0.248. The molecule has 0 aromatic carbocycles. The Labute approximate surface area is 177 Å². The van der Waals surface area contributed by atoms with Crippen LogP contribution in [0.5, 0.6) is 0 Å². The zero-order valence-electron chi connectivity index (χ0n) is 17.8. The molecule has 0 bridgehead atoms. The Balaban J connectivity index is 2.28. The quantitative estimate of drug-likeness (QED) is 0.277. The van der Waals surface area contributed by atoms with Gasteiger partial charge in [-0.1, -0.05) is 33.1 Å². The molecule has 0 spiro atoms. The van der Waals surface area contributed by atoms with Gasteiger partial charge in [0.15, 0.2) is 0 Å². The first kappa shape index (κ1) is 22.7. The van der Waals surface area contributed by atoms with Gasteiger partial charge < -0.3 is 9.67 Å². The van der Waals surface area contributed by atoms with Gasteiger partial charge in [-0.2, -0.15) is 5.26 Å².